The number of hydrogen-bond donors (Lipinski definition) is 2. The summed E-state index contributed by atoms with van der Waals surface area (Å²) in [6, 6.07) is 10.7. The number of nitrogens with zero attached hydrogens (tertiary/aromatic N) is 1. The van der Waals surface area contributed by atoms with Crippen molar-refractivity contribution in [2.75, 3.05) is 0 Å². The van der Waals surface area contributed by atoms with E-state index in [1.165, 1.54) is 12.1 Å². The van der Waals surface area contributed by atoms with Crippen LogP contribution in [0.25, 0.3) is 11.0 Å². The fraction of sp³-hybridized carbons (Fsp3) is 0.133. The summed E-state index contributed by atoms with van der Waals surface area (Å²) in [4.78, 5) is 7.19. The monoisotopic (exact) mass is 342 g/mol. The molecule has 120 valence electrons. The fourth-order valence-corrected chi connectivity index (χ4v) is 2.38. The molecule has 8 heteroatoms. The molecule has 1 aromatic heterocycles. The van der Waals surface area contributed by atoms with Crippen molar-refractivity contribution in [3.63, 3.8) is 0 Å². The summed E-state index contributed by atoms with van der Waals surface area (Å²) in [6.07, 6.45) is -5.98. The second kappa shape index (κ2) is 5.75. The molecule has 4 nitrogen and oxygen atoms in total. The van der Waals surface area contributed by atoms with Gasteiger partial charge < -0.3 is 14.8 Å². The van der Waals surface area contributed by atoms with E-state index in [0.717, 1.165) is 11.6 Å². The molecular weight excluding hydrogens is 333 g/mol. The lowest BCUT2D eigenvalue weighted by Gasteiger charge is -2.13. The van der Waals surface area contributed by atoms with Crippen molar-refractivity contribution in [2.24, 2.45) is 0 Å². The van der Waals surface area contributed by atoms with Gasteiger partial charge in [0.15, 0.2) is 0 Å². The predicted molar refractivity (Wildman–Crippen MR) is 78.3 cm³/mol. The number of aliphatic hydroxyl groups excluding tert-OH is 1. The number of benzene rings is 2. The molecule has 0 radical (unpaired) electrons. The van der Waals surface area contributed by atoms with Crippen LogP contribution in [-0.4, -0.2) is 21.4 Å². The maximum absolute atomic E-state index is 12.2. The summed E-state index contributed by atoms with van der Waals surface area (Å²) >= 11 is 5.78. The van der Waals surface area contributed by atoms with Crippen molar-refractivity contribution in [3.8, 4) is 5.75 Å². The van der Waals surface area contributed by atoms with E-state index in [0.29, 0.717) is 11.1 Å². The Morgan fingerprint density at radius 1 is 1.17 bits per heavy atom. The van der Waals surface area contributed by atoms with E-state index in [9.17, 15) is 18.3 Å². The lowest BCUT2D eigenvalue weighted by molar-refractivity contribution is -0.274. The third-order valence-electron chi connectivity index (χ3n) is 3.16. The molecule has 0 aliphatic carbocycles. The largest absolute Gasteiger partial charge is 0.573 e. The van der Waals surface area contributed by atoms with Crippen LogP contribution in [0.3, 0.4) is 0 Å². The van der Waals surface area contributed by atoms with Crippen LogP contribution in [0, 0.1) is 0 Å². The first-order chi connectivity index (χ1) is 10.8. The number of rotatable bonds is 3. The Balaban J connectivity index is 1.90. The standard InChI is InChI=1S/C15H10ClF3N2O2/c16-9-7-8(5-6-12(9)23-15(17,18)19)13(22)14-20-10-3-1-2-4-11(10)21-14/h1-7,13,22H,(H,20,21). The van der Waals surface area contributed by atoms with Gasteiger partial charge in [0.1, 0.15) is 17.7 Å². The van der Waals surface area contributed by atoms with E-state index in [1.54, 1.807) is 18.2 Å². The van der Waals surface area contributed by atoms with Gasteiger partial charge in [0.2, 0.25) is 0 Å². The maximum atomic E-state index is 12.2. The van der Waals surface area contributed by atoms with Crippen LogP contribution in [0.5, 0.6) is 5.75 Å². The van der Waals surface area contributed by atoms with Crippen molar-refractivity contribution in [1.82, 2.24) is 9.97 Å². The van der Waals surface area contributed by atoms with Crippen LogP contribution < -0.4 is 4.74 Å². The number of alkyl halides is 3. The zero-order valence-corrected chi connectivity index (χ0v) is 12.2. The summed E-state index contributed by atoms with van der Waals surface area (Å²) < 4.78 is 40.4. The second-order valence-corrected chi connectivity index (χ2v) is 5.19. The summed E-state index contributed by atoms with van der Waals surface area (Å²) in [7, 11) is 0. The Bertz CT molecular complexity index is 815. The van der Waals surface area contributed by atoms with E-state index in [4.69, 9.17) is 11.6 Å². The fourth-order valence-electron chi connectivity index (χ4n) is 2.15. The van der Waals surface area contributed by atoms with Crippen LogP contribution in [-0.2, 0) is 0 Å². The topological polar surface area (TPSA) is 58.1 Å². The molecule has 0 fully saturated rings. The van der Waals surface area contributed by atoms with E-state index >= 15 is 0 Å². The first kappa shape index (κ1) is 15.6. The minimum atomic E-state index is -4.83. The Morgan fingerprint density at radius 3 is 2.57 bits per heavy atom. The zero-order chi connectivity index (χ0) is 16.6. The van der Waals surface area contributed by atoms with Gasteiger partial charge in [-0.05, 0) is 29.8 Å². The average Bonchev–Trinajstić information content (AvgIpc) is 2.91. The maximum Gasteiger partial charge on any atom is 0.573 e. The molecule has 1 atom stereocenters. The number of imidazole rings is 1. The van der Waals surface area contributed by atoms with Gasteiger partial charge in [-0.2, -0.15) is 0 Å². The molecule has 0 saturated heterocycles. The molecule has 2 aromatic carbocycles. The molecule has 0 aliphatic rings. The van der Waals surface area contributed by atoms with Crippen molar-refractivity contribution < 1.29 is 23.0 Å². The number of hydrogen-bond acceptors (Lipinski definition) is 3. The highest BCUT2D eigenvalue weighted by Gasteiger charge is 2.32. The first-order valence-corrected chi connectivity index (χ1v) is 6.89. The van der Waals surface area contributed by atoms with Crippen molar-refractivity contribution in [2.45, 2.75) is 12.5 Å². The smallest absolute Gasteiger partial charge is 0.404 e. The molecule has 3 aromatic rings. The first-order valence-electron chi connectivity index (χ1n) is 6.51. The number of aromatic amines is 1. The summed E-state index contributed by atoms with van der Waals surface area (Å²) in [6.45, 7) is 0. The van der Waals surface area contributed by atoms with Crippen molar-refractivity contribution in [1.29, 1.82) is 0 Å². The molecular formula is C15H10ClF3N2O2. The molecule has 0 bridgehead atoms. The molecule has 0 aliphatic heterocycles. The summed E-state index contributed by atoms with van der Waals surface area (Å²) in [5, 5.41) is 10.1. The highest BCUT2D eigenvalue weighted by Crippen LogP contribution is 2.33. The van der Waals surface area contributed by atoms with Gasteiger partial charge >= 0.3 is 6.36 Å². The number of H-pyrrole nitrogens is 1. The van der Waals surface area contributed by atoms with Gasteiger partial charge in [0, 0.05) is 0 Å². The normalized spacial score (nSPS) is 13.3. The van der Waals surface area contributed by atoms with E-state index in [1.807, 2.05) is 6.07 Å². The van der Waals surface area contributed by atoms with Crippen LogP contribution in [0.4, 0.5) is 13.2 Å². The number of aliphatic hydroxyl groups is 1. The summed E-state index contributed by atoms with van der Waals surface area (Å²) in [5.41, 5.74) is 1.71. The van der Waals surface area contributed by atoms with E-state index in [-0.39, 0.29) is 10.8 Å². The minimum Gasteiger partial charge on any atom is -0.404 e. The summed E-state index contributed by atoms with van der Waals surface area (Å²) in [5.74, 6) is -0.258. The van der Waals surface area contributed by atoms with Crippen molar-refractivity contribution in [3.05, 3.63) is 58.9 Å². The van der Waals surface area contributed by atoms with Crippen LogP contribution in [0.15, 0.2) is 42.5 Å². The molecule has 0 spiro atoms. The number of ether oxygens (including phenoxy) is 1. The molecule has 1 heterocycles. The Morgan fingerprint density at radius 2 is 1.91 bits per heavy atom. The van der Waals surface area contributed by atoms with E-state index in [2.05, 4.69) is 14.7 Å². The molecule has 3 rings (SSSR count). The minimum absolute atomic E-state index is 0.255. The third kappa shape index (κ3) is 3.40. The molecule has 0 saturated carbocycles. The molecule has 0 amide bonds. The van der Waals surface area contributed by atoms with E-state index < -0.39 is 18.2 Å². The van der Waals surface area contributed by atoms with Crippen LogP contribution in [0.2, 0.25) is 5.02 Å². The number of halogens is 4. The van der Waals surface area contributed by atoms with Crippen LogP contribution >= 0.6 is 11.6 Å². The number of aromatic nitrogens is 2. The van der Waals surface area contributed by atoms with Gasteiger partial charge in [-0.1, -0.05) is 29.8 Å². The SMILES string of the molecule is OC(c1ccc(OC(F)(F)F)c(Cl)c1)c1nc2ccccc2[nH]1. The second-order valence-electron chi connectivity index (χ2n) is 4.78. The molecule has 1 unspecified atom stereocenters. The van der Waals surface area contributed by atoms with Gasteiger partial charge in [0.25, 0.3) is 0 Å². The Labute approximate surface area is 133 Å². The lowest BCUT2D eigenvalue weighted by Crippen LogP contribution is -2.17. The third-order valence-corrected chi connectivity index (χ3v) is 3.46. The van der Waals surface area contributed by atoms with Crippen LogP contribution in [0.1, 0.15) is 17.5 Å². The van der Waals surface area contributed by atoms with Gasteiger partial charge in [0.05, 0.1) is 16.1 Å². The lowest BCUT2D eigenvalue weighted by atomic mass is 10.1. The van der Waals surface area contributed by atoms with Crippen molar-refractivity contribution >= 4 is 22.6 Å². The average molecular weight is 343 g/mol. The zero-order valence-electron chi connectivity index (χ0n) is 11.4. The molecule has 2 N–H and O–H groups in total. The van der Waals surface area contributed by atoms with Gasteiger partial charge in [-0.15, -0.1) is 13.2 Å². The quantitative estimate of drug-likeness (QED) is 0.750. The Kier molecular flexibility index (Phi) is 3.91. The predicted octanol–water partition coefficient (Wildman–Crippen LogP) is 4.20. The number of fused-ring (bicyclic) bond motifs is 1. The van der Waals surface area contributed by atoms with Gasteiger partial charge in [-0.25, -0.2) is 4.98 Å². The highest BCUT2D eigenvalue weighted by molar-refractivity contribution is 6.32. The highest BCUT2D eigenvalue weighted by atomic mass is 35.5. The number of nitrogens with one attached hydrogen (secondary N) is 1. The Hall–Kier alpha value is -2.25. The number of para-hydroxylation sites is 2. The molecule has 23 heavy (non-hydrogen) atoms. The van der Waals surface area contributed by atoms with Gasteiger partial charge in [-0.3, -0.25) is 0 Å².